The zero-order valence-electron chi connectivity index (χ0n) is 21.8. The van der Waals surface area contributed by atoms with Gasteiger partial charge in [0.1, 0.15) is 28.7 Å². The number of Topliss-reactive ketones (excluding diaryl/α,β-unsaturated/α-hetero) is 1. The van der Waals surface area contributed by atoms with Crippen molar-refractivity contribution in [2.75, 3.05) is 25.2 Å². The van der Waals surface area contributed by atoms with Crippen molar-refractivity contribution in [2.24, 2.45) is 0 Å². The number of aryl methyl sites for hydroxylation is 1. The summed E-state index contributed by atoms with van der Waals surface area (Å²) >= 11 is 0.936. The molecule has 1 aromatic heterocycles. The second-order valence-electron chi connectivity index (χ2n) is 8.62. The van der Waals surface area contributed by atoms with Gasteiger partial charge in [-0.05, 0) is 43.2 Å². The van der Waals surface area contributed by atoms with Gasteiger partial charge in [-0.15, -0.1) is 0 Å². The molecule has 4 rings (SSSR count). The Labute approximate surface area is 230 Å². The zero-order chi connectivity index (χ0) is 28.1. The molecule has 10 heteroatoms. The molecule has 0 saturated carbocycles. The number of hydrogen-bond donors (Lipinski definition) is 1. The lowest BCUT2D eigenvalue weighted by Crippen LogP contribution is -2.29. The first-order valence-corrected chi connectivity index (χ1v) is 13.1. The average Bonchev–Trinajstić information content (AvgIpc) is 3.46. The van der Waals surface area contributed by atoms with Crippen molar-refractivity contribution in [3.05, 3.63) is 88.5 Å². The number of hydrogen-bond acceptors (Lipinski definition) is 9. The maximum atomic E-state index is 13.4. The molecular formula is C29H28N2O7S. The number of methoxy groups -OCH3 is 1. The molecule has 1 aliphatic rings. The number of esters is 1. The molecule has 1 unspecified atom stereocenters. The molecule has 39 heavy (non-hydrogen) atoms. The second-order valence-corrected chi connectivity index (χ2v) is 9.59. The number of ketones is 1. The molecule has 9 nitrogen and oxygen atoms in total. The summed E-state index contributed by atoms with van der Waals surface area (Å²) in [6.07, 6.45) is 2.42. The van der Waals surface area contributed by atoms with E-state index in [1.54, 1.807) is 61.5 Å². The molecule has 0 bridgehead atoms. The molecule has 1 amide bonds. The van der Waals surface area contributed by atoms with Gasteiger partial charge in [-0.2, -0.15) is 0 Å². The quantitative estimate of drug-likeness (QED) is 0.121. The van der Waals surface area contributed by atoms with Crippen molar-refractivity contribution >= 4 is 39.9 Å². The normalized spacial score (nSPS) is 16.3. The Morgan fingerprint density at radius 2 is 1.90 bits per heavy atom. The molecule has 0 aliphatic carbocycles. The Balaban J connectivity index is 1.87. The monoisotopic (exact) mass is 548 g/mol. The van der Waals surface area contributed by atoms with Crippen molar-refractivity contribution in [1.29, 1.82) is 0 Å². The van der Waals surface area contributed by atoms with E-state index >= 15 is 0 Å². The van der Waals surface area contributed by atoms with Crippen LogP contribution in [0.25, 0.3) is 5.76 Å². The third-order valence-corrected chi connectivity index (χ3v) is 7.09. The summed E-state index contributed by atoms with van der Waals surface area (Å²) in [5.41, 5.74) is 1.10. The fourth-order valence-electron chi connectivity index (χ4n) is 4.12. The van der Waals surface area contributed by atoms with Crippen LogP contribution in [-0.4, -0.2) is 48.1 Å². The van der Waals surface area contributed by atoms with E-state index in [-0.39, 0.29) is 21.3 Å². The maximum absolute atomic E-state index is 13.4. The standard InChI is InChI=1S/C29H28N2O7S/c1-5-14-37-20-12-10-18(11-13-20)23-22(24(32)19-8-7-9-21(16-19)38-15-6-2)25(33)27(34)31(23)29-30-17(3)26(39-29)28(35)36-4/h5,7-13,16,23,32H,1,6,14-15H2,2-4H3/b24-22+. The number of aliphatic hydroxyl groups excluding tert-OH is 1. The highest BCUT2D eigenvalue weighted by molar-refractivity contribution is 7.17. The summed E-state index contributed by atoms with van der Waals surface area (Å²) in [4.78, 5) is 44.9. The fourth-order valence-corrected chi connectivity index (χ4v) is 5.13. The van der Waals surface area contributed by atoms with Crippen molar-refractivity contribution in [1.82, 2.24) is 4.98 Å². The molecule has 0 radical (unpaired) electrons. The number of thiazole rings is 1. The third-order valence-electron chi connectivity index (χ3n) is 5.95. The van der Waals surface area contributed by atoms with E-state index in [2.05, 4.69) is 11.6 Å². The first kappa shape index (κ1) is 27.6. The Hall–Kier alpha value is -4.44. The molecule has 1 atom stereocenters. The van der Waals surface area contributed by atoms with E-state index in [9.17, 15) is 19.5 Å². The lowest BCUT2D eigenvalue weighted by Gasteiger charge is -2.23. The molecule has 2 heterocycles. The van der Waals surface area contributed by atoms with Crippen LogP contribution >= 0.6 is 11.3 Å². The highest BCUT2D eigenvalue weighted by Crippen LogP contribution is 2.44. The Morgan fingerprint density at radius 3 is 2.56 bits per heavy atom. The third kappa shape index (κ3) is 5.56. The predicted molar refractivity (Wildman–Crippen MR) is 147 cm³/mol. The average molecular weight is 549 g/mol. The van der Waals surface area contributed by atoms with E-state index < -0.39 is 23.7 Å². The van der Waals surface area contributed by atoms with Crippen LogP contribution in [0.5, 0.6) is 11.5 Å². The summed E-state index contributed by atoms with van der Waals surface area (Å²) < 4.78 is 16.1. The minimum Gasteiger partial charge on any atom is -0.507 e. The number of carbonyl (C=O) groups is 3. The number of amides is 1. The molecule has 0 spiro atoms. The summed E-state index contributed by atoms with van der Waals surface area (Å²) in [6.45, 7) is 8.03. The van der Waals surface area contributed by atoms with E-state index in [1.807, 2.05) is 6.92 Å². The number of aliphatic hydroxyl groups is 1. The Bertz CT molecular complexity index is 1440. The van der Waals surface area contributed by atoms with Gasteiger partial charge < -0.3 is 19.3 Å². The molecule has 1 saturated heterocycles. The van der Waals surface area contributed by atoms with Crippen molar-refractivity contribution in [3.8, 4) is 11.5 Å². The van der Waals surface area contributed by atoms with E-state index in [4.69, 9.17) is 14.2 Å². The molecule has 1 N–H and O–H groups in total. The highest BCUT2D eigenvalue weighted by atomic mass is 32.1. The Kier molecular flexibility index (Phi) is 8.46. The van der Waals surface area contributed by atoms with Gasteiger partial charge in [-0.1, -0.05) is 55.2 Å². The van der Waals surface area contributed by atoms with Crippen LogP contribution in [0.15, 0.2) is 66.8 Å². The molecule has 1 aliphatic heterocycles. The topological polar surface area (TPSA) is 115 Å². The van der Waals surface area contributed by atoms with Gasteiger partial charge in [-0.3, -0.25) is 14.5 Å². The van der Waals surface area contributed by atoms with Gasteiger partial charge in [0.05, 0.1) is 31.0 Å². The van der Waals surface area contributed by atoms with Gasteiger partial charge >= 0.3 is 11.9 Å². The van der Waals surface area contributed by atoms with Crippen molar-refractivity contribution in [3.63, 3.8) is 0 Å². The van der Waals surface area contributed by atoms with Gasteiger partial charge in [0.15, 0.2) is 5.13 Å². The number of anilines is 1. The minimum atomic E-state index is -1.02. The maximum Gasteiger partial charge on any atom is 0.350 e. The number of nitrogens with zero attached hydrogens (tertiary/aromatic N) is 2. The predicted octanol–water partition coefficient (Wildman–Crippen LogP) is 5.22. The summed E-state index contributed by atoms with van der Waals surface area (Å²) in [6, 6.07) is 12.5. The second kappa shape index (κ2) is 12.0. The highest BCUT2D eigenvalue weighted by Gasteiger charge is 2.48. The number of ether oxygens (including phenoxy) is 3. The number of carbonyl (C=O) groups excluding carboxylic acids is 3. The smallest absolute Gasteiger partial charge is 0.350 e. The van der Waals surface area contributed by atoms with Gasteiger partial charge in [0.2, 0.25) is 0 Å². The fraction of sp³-hybridized carbons (Fsp3) is 0.241. The zero-order valence-corrected chi connectivity index (χ0v) is 22.6. The molecule has 3 aromatic rings. The minimum absolute atomic E-state index is 0.111. The van der Waals surface area contributed by atoms with Crippen LogP contribution < -0.4 is 14.4 Å². The molecule has 1 fully saturated rings. The molecular weight excluding hydrogens is 520 g/mol. The van der Waals surface area contributed by atoms with Crippen LogP contribution in [0.3, 0.4) is 0 Å². The van der Waals surface area contributed by atoms with E-state index in [1.165, 1.54) is 12.0 Å². The van der Waals surface area contributed by atoms with Crippen LogP contribution in [0.4, 0.5) is 5.13 Å². The van der Waals surface area contributed by atoms with Gasteiger partial charge in [0, 0.05) is 5.56 Å². The lowest BCUT2D eigenvalue weighted by molar-refractivity contribution is -0.132. The van der Waals surface area contributed by atoms with Gasteiger partial charge in [-0.25, -0.2) is 9.78 Å². The van der Waals surface area contributed by atoms with E-state index in [0.29, 0.717) is 41.5 Å². The van der Waals surface area contributed by atoms with Crippen molar-refractivity contribution in [2.45, 2.75) is 26.3 Å². The number of benzene rings is 2. The van der Waals surface area contributed by atoms with E-state index in [0.717, 1.165) is 17.8 Å². The van der Waals surface area contributed by atoms with Gasteiger partial charge in [0.25, 0.3) is 5.78 Å². The van der Waals surface area contributed by atoms with Crippen molar-refractivity contribution < 1.29 is 33.7 Å². The first-order valence-electron chi connectivity index (χ1n) is 12.2. The van der Waals surface area contributed by atoms with Crippen LogP contribution in [0, 0.1) is 6.92 Å². The summed E-state index contributed by atoms with van der Waals surface area (Å²) in [5, 5.41) is 11.5. The summed E-state index contributed by atoms with van der Waals surface area (Å²) in [5.74, 6) is -1.62. The van der Waals surface area contributed by atoms with Crippen LogP contribution in [-0.2, 0) is 14.3 Å². The Morgan fingerprint density at radius 1 is 1.15 bits per heavy atom. The number of aromatic nitrogens is 1. The SMILES string of the molecule is C=CCOc1ccc(C2/C(=C(\O)c3cccc(OCCC)c3)C(=O)C(=O)N2c2nc(C)c(C(=O)OC)s2)cc1. The summed E-state index contributed by atoms with van der Waals surface area (Å²) in [7, 11) is 1.25. The molecule has 2 aromatic carbocycles. The number of rotatable bonds is 10. The lowest BCUT2D eigenvalue weighted by atomic mass is 9.95. The largest absolute Gasteiger partial charge is 0.507 e. The van der Waals surface area contributed by atoms with Crippen LogP contribution in [0.2, 0.25) is 0 Å². The van der Waals surface area contributed by atoms with Crippen LogP contribution in [0.1, 0.15) is 45.9 Å². The molecule has 202 valence electrons. The first-order chi connectivity index (χ1) is 18.8.